The highest BCUT2D eigenvalue weighted by atomic mass is 79.9. The zero-order valence-corrected chi connectivity index (χ0v) is 13.6. The number of halogens is 2. The van der Waals surface area contributed by atoms with Gasteiger partial charge in [-0.3, -0.25) is 4.79 Å². The van der Waals surface area contributed by atoms with Gasteiger partial charge in [-0.25, -0.2) is 4.98 Å². The summed E-state index contributed by atoms with van der Waals surface area (Å²) in [5.41, 5.74) is 1.71. The Morgan fingerprint density at radius 2 is 1.95 bits per heavy atom. The standard InChI is InChI=1S/C16H14BrClN2O/c17-15-8-3-12(9-19-15)16(21)20(14-6-7-14)10-11-1-4-13(18)5-2-11/h1-5,8-9,14H,6-7,10H2. The molecule has 1 amide bonds. The van der Waals surface area contributed by atoms with E-state index in [9.17, 15) is 4.79 Å². The zero-order chi connectivity index (χ0) is 14.8. The molecule has 1 aromatic carbocycles. The summed E-state index contributed by atoms with van der Waals surface area (Å²) in [6, 6.07) is 11.6. The molecule has 3 rings (SSSR count). The van der Waals surface area contributed by atoms with Gasteiger partial charge in [0.05, 0.1) is 5.56 Å². The van der Waals surface area contributed by atoms with Crippen LogP contribution in [-0.4, -0.2) is 21.8 Å². The van der Waals surface area contributed by atoms with Gasteiger partial charge in [0, 0.05) is 23.8 Å². The number of amides is 1. The molecule has 0 saturated heterocycles. The number of carbonyl (C=O) groups is 1. The average molecular weight is 366 g/mol. The number of hydrogen-bond donors (Lipinski definition) is 0. The van der Waals surface area contributed by atoms with Gasteiger partial charge >= 0.3 is 0 Å². The molecule has 1 aromatic heterocycles. The monoisotopic (exact) mass is 364 g/mol. The van der Waals surface area contributed by atoms with Crippen molar-refractivity contribution in [3.05, 3.63) is 63.3 Å². The first-order valence-corrected chi connectivity index (χ1v) is 7.97. The molecule has 3 nitrogen and oxygen atoms in total. The predicted octanol–water partition coefficient (Wildman–Crippen LogP) is 4.30. The van der Waals surface area contributed by atoms with E-state index in [2.05, 4.69) is 20.9 Å². The van der Waals surface area contributed by atoms with Gasteiger partial charge in [-0.15, -0.1) is 0 Å². The highest BCUT2D eigenvalue weighted by Gasteiger charge is 2.33. The van der Waals surface area contributed by atoms with Gasteiger partial charge in [0.15, 0.2) is 0 Å². The van der Waals surface area contributed by atoms with Gasteiger partial charge in [-0.2, -0.15) is 0 Å². The number of pyridine rings is 1. The van der Waals surface area contributed by atoms with Crippen LogP contribution in [0.25, 0.3) is 0 Å². The average Bonchev–Trinajstić information content (AvgIpc) is 3.31. The number of carbonyl (C=O) groups excluding carboxylic acids is 1. The van der Waals surface area contributed by atoms with Crippen molar-refractivity contribution in [1.82, 2.24) is 9.88 Å². The van der Waals surface area contributed by atoms with Crippen LogP contribution < -0.4 is 0 Å². The third kappa shape index (κ3) is 3.63. The van der Waals surface area contributed by atoms with Crippen LogP contribution in [0, 0.1) is 0 Å². The molecule has 0 aliphatic heterocycles. The SMILES string of the molecule is O=C(c1ccc(Br)nc1)N(Cc1ccc(Cl)cc1)C1CC1. The minimum Gasteiger partial charge on any atom is -0.331 e. The van der Waals surface area contributed by atoms with Crippen molar-refractivity contribution in [3.8, 4) is 0 Å². The largest absolute Gasteiger partial charge is 0.331 e. The molecule has 0 radical (unpaired) electrons. The molecule has 1 aliphatic carbocycles. The first kappa shape index (κ1) is 14.5. The molecule has 21 heavy (non-hydrogen) atoms. The summed E-state index contributed by atoms with van der Waals surface area (Å²) in [5, 5.41) is 0.708. The number of nitrogens with zero attached hydrogens (tertiary/aromatic N) is 2. The molecular weight excluding hydrogens is 352 g/mol. The lowest BCUT2D eigenvalue weighted by molar-refractivity contribution is 0.0729. The molecule has 0 N–H and O–H groups in total. The summed E-state index contributed by atoms with van der Waals surface area (Å²) in [6.45, 7) is 0.608. The van der Waals surface area contributed by atoms with Crippen LogP contribution in [0.5, 0.6) is 0 Å². The lowest BCUT2D eigenvalue weighted by Crippen LogP contribution is -2.32. The Morgan fingerprint density at radius 3 is 2.52 bits per heavy atom. The molecule has 5 heteroatoms. The minimum atomic E-state index is 0.0347. The molecule has 1 aliphatic rings. The van der Waals surface area contributed by atoms with E-state index in [0.717, 1.165) is 23.0 Å². The summed E-state index contributed by atoms with van der Waals surface area (Å²) >= 11 is 9.19. The van der Waals surface area contributed by atoms with Crippen molar-refractivity contribution in [1.29, 1.82) is 0 Å². The number of rotatable bonds is 4. The second kappa shape index (κ2) is 6.16. The Morgan fingerprint density at radius 1 is 1.24 bits per heavy atom. The normalized spacial score (nSPS) is 14.0. The maximum Gasteiger partial charge on any atom is 0.255 e. The first-order chi connectivity index (χ1) is 10.1. The van der Waals surface area contributed by atoms with E-state index in [1.54, 1.807) is 18.3 Å². The molecule has 2 aromatic rings. The van der Waals surface area contributed by atoms with Gasteiger partial charge in [0.2, 0.25) is 0 Å². The zero-order valence-electron chi connectivity index (χ0n) is 11.3. The molecular formula is C16H14BrClN2O. The van der Waals surface area contributed by atoms with Crippen LogP contribution in [0.15, 0.2) is 47.2 Å². The lowest BCUT2D eigenvalue weighted by Gasteiger charge is -2.22. The van der Waals surface area contributed by atoms with Crippen LogP contribution in [0.4, 0.5) is 0 Å². The Kier molecular flexibility index (Phi) is 4.27. The van der Waals surface area contributed by atoms with Crippen molar-refractivity contribution in [2.45, 2.75) is 25.4 Å². The van der Waals surface area contributed by atoms with Crippen molar-refractivity contribution in [3.63, 3.8) is 0 Å². The Bertz CT molecular complexity index is 638. The minimum absolute atomic E-state index is 0.0347. The molecule has 0 unspecified atom stereocenters. The third-order valence-corrected chi connectivity index (χ3v) is 4.21. The van der Waals surface area contributed by atoms with Crippen molar-refractivity contribution < 1.29 is 4.79 Å². The lowest BCUT2D eigenvalue weighted by atomic mass is 10.2. The molecule has 1 fully saturated rings. The van der Waals surface area contributed by atoms with Gasteiger partial charge in [-0.1, -0.05) is 23.7 Å². The van der Waals surface area contributed by atoms with E-state index in [4.69, 9.17) is 11.6 Å². The maximum atomic E-state index is 12.7. The van der Waals surface area contributed by atoms with Gasteiger partial charge in [0.25, 0.3) is 5.91 Å². The highest BCUT2D eigenvalue weighted by Crippen LogP contribution is 2.30. The van der Waals surface area contributed by atoms with Crippen molar-refractivity contribution in [2.24, 2.45) is 0 Å². The van der Waals surface area contributed by atoms with Crippen LogP contribution in [0.2, 0.25) is 5.02 Å². The molecule has 0 atom stereocenters. The topological polar surface area (TPSA) is 33.2 Å². The summed E-state index contributed by atoms with van der Waals surface area (Å²) in [7, 11) is 0. The summed E-state index contributed by atoms with van der Waals surface area (Å²) in [5.74, 6) is 0.0347. The summed E-state index contributed by atoms with van der Waals surface area (Å²) < 4.78 is 0.731. The first-order valence-electron chi connectivity index (χ1n) is 6.80. The van der Waals surface area contributed by atoms with E-state index in [1.807, 2.05) is 29.2 Å². The third-order valence-electron chi connectivity index (χ3n) is 3.49. The van der Waals surface area contributed by atoms with E-state index >= 15 is 0 Å². The van der Waals surface area contributed by atoms with Gasteiger partial charge in [-0.05, 0) is 58.6 Å². The Labute approximate surface area is 137 Å². The summed E-state index contributed by atoms with van der Waals surface area (Å²) in [6.07, 6.45) is 3.76. The predicted molar refractivity (Wildman–Crippen MR) is 86.3 cm³/mol. The highest BCUT2D eigenvalue weighted by molar-refractivity contribution is 9.10. The van der Waals surface area contributed by atoms with E-state index in [-0.39, 0.29) is 5.91 Å². The Balaban J connectivity index is 1.79. The van der Waals surface area contributed by atoms with Crippen molar-refractivity contribution >= 4 is 33.4 Å². The van der Waals surface area contributed by atoms with E-state index in [0.29, 0.717) is 23.2 Å². The quantitative estimate of drug-likeness (QED) is 0.757. The number of hydrogen-bond acceptors (Lipinski definition) is 2. The van der Waals surface area contributed by atoms with Crippen LogP contribution in [0.3, 0.4) is 0 Å². The number of aromatic nitrogens is 1. The fourth-order valence-corrected chi connectivity index (χ4v) is 2.57. The van der Waals surface area contributed by atoms with E-state index in [1.165, 1.54) is 0 Å². The molecule has 0 spiro atoms. The number of benzene rings is 1. The molecule has 1 saturated carbocycles. The van der Waals surface area contributed by atoms with E-state index < -0.39 is 0 Å². The fraction of sp³-hybridized carbons (Fsp3) is 0.250. The fourth-order valence-electron chi connectivity index (χ4n) is 2.21. The molecule has 0 bridgehead atoms. The molecule has 1 heterocycles. The van der Waals surface area contributed by atoms with Gasteiger partial charge in [0.1, 0.15) is 4.60 Å². The second-order valence-electron chi connectivity index (χ2n) is 5.16. The van der Waals surface area contributed by atoms with Crippen LogP contribution in [-0.2, 0) is 6.54 Å². The Hall–Kier alpha value is -1.39. The van der Waals surface area contributed by atoms with Crippen LogP contribution in [0.1, 0.15) is 28.8 Å². The van der Waals surface area contributed by atoms with Crippen LogP contribution >= 0.6 is 27.5 Å². The van der Waals surface area contributed by atoms with Gasteiger partial charge < -0.3 is 4.90 Å². The smallest absolute Gasteiger partial charge is 0.255 e. The molecule has 108 valence electrons. The maximum absolute atomic E-state index is 12.7. The second-order valence-corrected chi connectivity index (χ2v) is 6.41. The van der Waals surface area contributed by atoms with Crippen molar-refractivity contribution in [2.75, 3.05) is 0 Å². The summed E-state index contributed by atoms with van der Waals surface area (Å²) in [4.78, 5) is 18.7.